The Morgan fingerprint density at radius 2 is 2.00 bits per heavy atom. The van der Waals surface area contributed by atoms with Crippen LogP contribution in [0.15, 0.2) is 47.8 Å². The molecule has 0 aliphatic rings. The second-order valence-electron chi connectivity index (χ2n) is 6.06. The number of amides is 1. The summed E-state index contributed by atoms with van der Waals surface area (Å²) in [4.78, 5) is 16.8. The number of nitrogens with one attached hydrogen (secondary N) is 1. The van der Waals surface area contributed by atoms with Crippen LogP contribution < -0.4 is 5.32 Å². The van der Waals surface area contributed by atoms with Crippen molar-refractivity contribution < 1.29 is 4.79 Å². The highest BCUT2D eigenvalue weighted by molar-refractivity contribution is 7.99. The van der Waals surface area contributed by atoms with Gasteiger partial charge in [-0.2, -0.15) is 0 Å². The summed E-state index contributed by atoms with van der Waals surface area (Å²) < 4.78 is 1.98. The van der Waals surface area contributed by atoms with Gasteiger partial charge in [-0.15, -0.1) is 10.2 Å². The second kappa shape index (κ2) is 8.81. The van der Waals surface area contributed by atoms with Gasteiger partial charge in [0.05, 0.1) is 5.75 Å². The van der Waals surface area contributed by atoms with Gasteiger partial charge in [-0.3, -0.25) is 9.78 Å². The molecule has 1 amide bonds. The molecule has 2 heterocycles. The van der Waals surface area contributed by atoms with Crippen LogP contribution in [0.1, 0.15) is 25.0 Å². The van der Waals surface area contributed by atoms with Crippen LogP contribution in [-0.4, -0.2) is 31.4 Å². The van der Waals surface area contributed by atoms with Gasteiger partial charge in [0.15, 0.2) is 11.0 Å². The molecule has 2 aromatic heterocycles. The average molecular weight is 382 g/mol. The first-order valence-corrected chi connectivity index (χ1v) is 9.98. The van der Waals surface area contributed by atoms with E-state index in [1.165, 1.54) is 11.8 Å². The number of pyridine rings is 1. The van der Waals surface area contributed by atoms with Crippen molar-refractivity contribution in [2.45, 2.75) is 38.9 Å². The van der Waals surface area contributed by atoms with Crippen molar-refractivity contribution in [2.24, 2.45) is 0 Å². The van der Waals surface area contributed by atoms with Crippen LogP contribution in [-0.2, 0) is 17.8 Å². The van der Waals surface area contributed by atoms with Gasteiger partial charge in [0, 0.05) is 18.4 Å². The molecule has 0 saturated heterocycles. The quantitative estimate of drug-likeness (QED) is 0.627. The molecule has 0 saturated carbocycles. The molecular weight excluding hydrogens is 358 g/mol. The highest BCUT2D eigenvalue weighted by Gasteiger charge is 2.16. The maximum Gasteiger partial charge on any atom is 0.234 e. The van der Waals surface area contributed by atoms with Gasteiger partial charge >= 0.3 is 0 Å². The number of carbonyl (C=O) groups excluding carboxylic acids is 1. The Labute approximate surface area is 163 Å². The van der Waals surface area contributed by atoms with Crippen molar-refractivity contribution in [3.63, 3.8) is 0 Å². The Kier molecular flexibility index (Phi) is 6.24. The fourth-order valence-electron chi connectivity index (χ4n) is 2.87. The number of anilines is 1. The van der Waals surface area contributed by atoms with E-state index in [0.717, 1.165) is 28.9 Å². The largest absolute Gasteiger partial charge is 0.325 e. The summed E-state index contributed by atoms with van der Waals surface area (Å²) >= 11 is 1.38. The van der Waals surface area contributed by atoms with Crippen molar-refractivity contribution in [3.8, 4) is 11.5 Å². The van der Waals surface area contributed by atoms with Crippen molar-refractivity contribution in [2.75, 3.05) is 11.1 Å². The summed E-state index contributed by atoms with van der Waals surface area (Å²) in [7, 11) is 0. The number of aromatic nitrogens is 4. The fourth-order valence-corrected chi connectivity index (χ4v) is 3.67. The molecule has 3 aromatic rings. The third-order valence-electron chi connectivity index (χ3n) is 4.26. The summed E-state index contributed by atoms with van der Waals surface area (Å²) in [5, 5.41) is 12.3. The summed E-state index contributed by atoms with van der Waals surface area (Å²) in [6, 6.07) is 11.8. The van der Waals surface area contributed by atoms with E-state index in [9.17, 15) is 4.79 Å². The van der Waals surface area contributed by atoms with Crippen LogP contribution in [0.4, 0.5) is 5.69 Å². The molecule has 0 aliphatic heterocycles. The van der Waals surface area contributed by atoms with Crippen molar-refractivity contribution in [3.05, 3.63) is 53.7 Å². The van der Waals surface area contributed by atoms with E-state index in [-0.39, 0.29) is 11.7 Å². The molecule has 7 heteroatoms. The number of hydrogen-bond acceptors (Lipinski definition) is 5. The maximum absolute atomic E-state index is 12.5. The van der Waals surface area contributed by atoms with Gasteiger partial charge < -0.3 is 9.88 Å². The number of nitrogens with zero attached hydrogens (tertiary/aromatic N) is 4. The van der Waals surface area contributed by atoms with Gasteiger partial charge in [-0.1, -0.05) is 43.0 Å². The molecule has 0 unspecified atom stereocenters. The maximum atomic E-state index is 12.5. The summed E-state index contributed by atoms with van der Waals surface area (Å²) in [6.45, 7) is 6.83. The Bertz CT molecular complexity index is 923. The number of thioether (sulfide) groups is 1. The van der Waals surface area contributed by atoms with Crippen LogP contribution in [0.3, 0.4) is 0 Å². The average Bonchev–Trinajstić information content (AvgIpc) is 3.11. The number of hydrogen-bond donors (Lipinski definition) is 1. The molecule has 0 bridgehead atoms. The Hall–Kier alpha value is -2.67. The zero-order chi connectivity index (χ0) is 19.2. The van der Waals surface area contributed by atoms with Crippen molar-refractivity contribution in [1.29, 1.82) is 0 Å². The Morgan fingerprint density at radius 3 is 2.70 bits per heavy atom. The first kappa shape index (κ1) is 19.1. The minimum absolute atomic E-state index is 0.0472. The zero-order valence-corrected chi connectivity index (χ0v) is 16.6. The van der Waals surface area contributed by atoms with Crippen LogP contribution in [0.25, 0.3) is 11.5 Å². The number of carbonyl (C=O) groups is 1. The highest BCUT2D eigenvalue weighted by Crippen LogP contribution is 2.24. The molecule has 1 aromatic carbocycles. The smallest absolute Gasteiger partial charge is 0.234 e. The van der Waals surface area contributed by atoms with E-state index in [4.69, 9.17) is 0 Å². The SMILES string of the molecule is CCc1cccc(C)c1NC(=O)CSc1nnc(-c2ccccn2)n1CC. The van der Waals surface area contributed by atoms with Crippen LogP contribution in [0, 0.1) is 6.92 Å². The topological polar surface area (TPSA) is 72.7 Å². The lowest BCUT2D eigenvalue weighted by molar-refractivity contribution is -0.113. The molecule has 140 valence electrons. The van der Waals surface area contributed by atoms with E-state index in [0.29, 0.717) is 17.5 Å². The van der Waals surface area contributed by atoms with E-state index in [1.807, 2.05) is 54.8 Å². The van der Waals surface area contributed by atoms with Gasteiger partial charge in [0.2, 0.25) is 5.91 Å². The summed E-state index contributed by atoms with van der Waals surface area (Å²) in [5.74, 6) is 0.944. The standard InChI is InChI=1S/C20H23N5OS/c1-4-15-10-8-9-14(3)18(15)22-17(26)13-27-20-24-23-19(25(20)5-2)16-11-6-7-12-21-16/h6-12H,4-5,13H2,1-3H3,(H,22,26). The number of para-hydroxylation sites is 1. The van der Waals surface area contributed by atoms with Gasteiger partial charge in [0.1, 0.15) is 5.69 Å². The lowest BCUT2D eigenvalue weighted by Gasteiger charge is -2.13. The van der Waals surface area contributed by atoms with Crippen LogP contribution in [0.5, 0.6) is 0 Å². The predicted octanol–water partition coefficient (Wildman–Crippen LogP) is 3.96. The number of benzene rings is 1. The third-order valence-corrected chi connectivity index (χ3v) is 5.23. The number of rotatable bonds is 7. The van der Waals surface area contributed by atoms with Crippen LogP contribution in [0.2, 0.25) is 0 Å². The van der Waals surface area contributed by atoms with Crippen molar-refractivity contribution >= 4 is 23.4 Å². The normalized spacial score (nSPS) is 10.8. The van der Waals surface area contributed by atoms with Gasteiger partial charge in [0.25, 0.3) is 0 Å². The third kappa shape index (κ3) is 4.36. The molecule has 0 aliphatic carbocycles. The zero-order valence-electron chi connectivity index (χ0n) is 15.8. The fraction of sp³-hybridized carbons (Fsp3) is 0.300. The molecule has 0 spiro atoms. The molecule has 0 atom stereocenters. The first-order chi connectivity index (χ1) is 13.1. The minimum Gasteiger partial charge on any atom is -0.325 e. The summed E-state index contributed by atoms with van der Waals surface area (Å²) in [6.07, 6.45) is 2.61. The molecule has 27 heavy (non-hydrogen) atoms. The second-order valence-corrected chi connectivity index (χ2v) is 7.01. The first-order valence-electron chi connectivity index (χ1n) is 8.99. The molecule has 3 rings (SSSR count). The molecule has 1 N–H and O–H groups in total. The van der Waals surface area contributed by atoms with E-state index in [2.05, 4.69) is 27.4 Å². The number of aryl methyl sites for hydroxylation is 2. The van der Waals surface area contributed by atoms with E-state index < -0.39 is 0 Å². The molecule has 0 radical (unpaired) electrons. The molecule has 6 nitrogen and oxygen atoms in total. The highest BCUT2D eigenvalue weighted by atomic mass is 32.2. The van der Waals surface area contributed by atoms with Gasteiger partial charge in [-0.25, -0.2) is 0 Å². The van der Waals surface area contributed by atoms with E-state index in [1.54, 1.807) is 6.20 Å². The van der Waals surface area contributed by atoms with Crippen LogP contribution >= 0.6 is 11.8 Å². The van der Waals surface area contributed by atoms with Gasteiger partial charge in [-0.05, 0) is 43.5 Å². The predicted molar refractivity (Wildman–Crippen MR) is 109 cm³/mol. The monoisotopic (exact) mass is 381 g/mol. The minimum atomic E-state index is -0.0472. The Balaban J connectivity index is 1.71. The lowest BCUT2D eigenvalue weighted by Crippen LogP contribution is -2.16. The molecular formula is C20H23N5OS. The summed E-state index contributed by atoms with van der Waals surface area (Å²) in [5.41, 5.74) is 3.90. The lowest BCUT2D eigenvalue weighted by atomic mass is 10.1. The molecule has 0 fully saturated rings. The Morgan fingerprint density at radius 1 is 1.15 bits per heavy atom. The van der Waals surface area contributed by atoms with E-state index >= 15 is 0 Å². The van der Waals surface area contributed by atoms with Crippen molar-refractivity contribution in [1.82, 2.24) is 19.7 Å².